The molecule has 1 aromatic rings. The Kier molecular flexibility index (Phi) is 3.88. The zero-order valence-corrected chi connectivity index (χ0v) is 12.5. The average Bonchev–Trinajstić information content (AvgIpc) is 3.20. The van der Waals surface area contributed by atoms with Crippen LogP contribution in [0.3, 0.4) is 0 Å². The molecule has 3 rings (SSSR count). The highest BCUT2D eigenvalue weighted by atomic mass is 16.5. The highest BCUT2D eigenvalue weighted by Gasteiger charge is 2.31. The van der Waals surface area contributed by atoms with Crippen molar-refractivity contribution in [3.8, 4) is 5.75 Å². The average molecular weight is 301 g/mol. The molecule has 5 heteroatoms. The fraction of sp³-hybridized carbons (Fsp3) is 0.412. The van der Waals surface area contributed by atoms with Crippen LogP contribution in [0.2, 0.25) is 0 Å². The van der Waals surface area contributed by atoms with Crippen LogP contribution in [0.5, 0.6) is 5.75 Å². The van der Waals surface area contributed by atoms with E-state index < -0.39 is 12.0 Å². The Morgan fingerprint density at radius 1 is 1.41 bits per heavy atom. The molecule has 22 heavy (non-hydrogen) atoms. The largest absolute Gasteiger partial charge is 0.496 e. The van der Waals surface area contributed by atoms with E-state index in [9.17, 15) is 14.7 Å². The third-order valence-electron chi connectivity index (χ3n) is 4.24. The standard InChI is InChI=1S/C17H19NO4/c1-22-15-4-2-3-11-8-12(9-13(11)15)16(19)18-14(17(20)21)7-10-5-6-10/h2-4,9-10,14H,5-8H2,1H3,(H,18,19)(H,20,21)/t14-/m0/s1. The van der Waals surface area contributed by atoms with Gasteiger partial charge in [0.2, 0.25) is 5.91 Å². The first-order chi connectivity index (χ1) is 10.6. The lowest BCUT2D eigenvalue weighted by atomic mass is 10.1. The van der Waals surface area contributed by atoms with Crippen molar-refractivity contribution in [2.75, 3.05) is 7.11 Å². The third kappa shape index (κ3) is 2.98. The van der Waals surface area contributed by atoms with E-state index in [4.69, 9.17) is 4.74 Å². The zero-order valence-electron chi connectivity index (χ0n) is 12.5. The molecule has 0 heterocycles. The molecule has 1 amide bonds. The molecule has 0 saturated heterocycles. The van der Waals surface area contributed by atoms with Crippen LogP contribution in [0.25, 0.3) is 6.08 Å². The molecule has 0 bridgehead atoms. The highest BCUT2D eigenvalue weighted by Crippen LogP contribution is 2.34. The van der Waals surface area contributed by atoms with Gasteiger partial charge in [0.25, 0.3) is 0 Å². The van der Waals surface area contributed by atoms with Gasteiger partial charge >= 0.3 is 5.97 Å². The van der Waals surface area contributed by atoms with Crippen LogP contribution < -0.4 is 10.1 Å². The van der Waals surface area contributed by atoms with E-state index in [2.05, 4.69) is 5.32 Å². The number of hydrogen-bond donors (Lipinski definition) is 2. The Morgan fingerprint density at radius 3 is 2.82 bits per heavy atom. The van der Waals surface area contributed by atoms with E-state index in [0.29, 0.717) is 24.3 Å². The maximum absolute atomic E-state index is 12.3. The second-order valence-corrected chi connectivity index (χ2v) is 5.92. The number of nitrogens with one attached hydrogen (secondary N) is 1. The Morgan fingerprint density at radius 2 is 2.18 bits per heavy atom. The fourth-order valence-corrected chi connectivity index (χ4v) is 2.82. The molecular formula is C17H19NO4. The summed E-state index contributed by atoms with van der Waals surface area (Å²) in [6, 6.07) is 4.89. The Hall–Kier alpha value is -2.30. The van der Waals surface area contributed by atoms with Crippen LogP contribution in [0.15, 0.2) is 23.8 Å². The number of amides is 1. The summed E-state index contributed by atoms with van der Waals surface area (Å²) in [4.78, 5) is 23.6. The van der Waals surface area contributed by atoms with Crippen LogP contribution in [-0.2, 0) is 16.0 Å². The van der Waals surface area contributed by atoms with E-state index in [0.717, 1.165) is 29.7 Å². The van der Waals surface area contributed by atoms with Gasteiger partial charge in [-0.2, -0.15) is 0 Å². The normalized spacial score (nSPS) is 17.4. The monoisotopic (exact) mass is 301 g/mol. The SMILES string of the molecule is COc1cccc2c1C=C(C(=O)N[C@@H](CC1CC1)C(=O)O)C2. The Bertz CT molecular complexity index is 646. The Labute approximate surface area is 129 Å². The number of carboxylic acid groups (broad SMARTS) is 1. The molecule has 2 aliphatic carbocycles. The van der Waals surface area contributed by atoms with Crippen LogP contribution >= 0.6 is 0 Å². The predicted octanol–water partition coefficient (Wildman–Crippen LogP) is 2.00. The minimum atomic E-state index is -0.964. The topological polar surface area (TPSA) is 75.6 Å². The lowest BCUT2D eigenvalue weighted by molar-refractivity contribution is -0.141. The van der Waals surface area contributed by atoms with Gasteiger partial charge in [0.05, 0.1) is 7.11 Å². The summed E-state index contributed by atoms with van der Waals surface area (Å²) in [5.41, 5.74) is 2.52. The van der Waals surface area contributed by atoms with Crippen LogP contribution in [0, 0.1) is 5.92 Å². The molecule has 2 aliphatic rings. The molecule has 5 nitrogen and oxygen atoms in total. The summed E-state index contributed by atoms with van der Waals surface area (Å²) >= 11 is 0. The molecule has 2 N–H and O–H groups in total. The summed E-state index contributed by atoms with van der Waals surface area (Å²) in [6.07, 6.45) is 4.94. The molecule has 116 valence electrons. The number of fused-ring (bicyclic) bond motifs is 1. The van der Waals surface area contributed by atoms with E-state index in [1.165, 1.54) is 0 Å². The van der Waals surface area contributed by atoms with E-state index in [1.54, 1.807) is 13.2 Å². The van der Waals surface area contributed by atoms with Crippen molar-refractivity contribution in [1.82, 2.24) is 5.32 Å². The van der Waals surface area contributed by atoms with Crippen LogP contribution in [0.4, 0.5) is 0 Å². The van der Waals surface area contributed by atoms with E-state index >= 15 is 0 Å². The minimum Gasteiger partial charge on any atom is -0.496 e. The molecule has 1 saturated carbocycles. The first-order valence-corrected chi connectivity index (χ1v) is 7.48. The van der Waals surface area contributed by atoms with Gasteiger partial charge in [0.1, 0.15) is 11.8 Å². The van der Waals surface area contributed by atoms with Crippen molar-refractivity contribution in [3.05, 3.63) is 34.9 Å². The molecule has 1 atom stereocenters. The van der Waals surface area contributed by atoms with Gasteiger partial charge in [-0.15, -0.1) is 0 Å². The first kappa shape index (κ1) is 14.6. The van der Waals surface area contributed by atoms with E-state index in [1.807, 2.05) is 18.2 Å². The van der Waals surface area contributed by atoms with Gasteiger partial charge in [-0.1, -0.05) is 25.0 Å². The second kappa shape index (κ2) is 5.83. The molecule has 0 radical (unpaired) electrons. The molecule has 0 aliphatic heterocycles. The van der Waals surface area contributed by atoms with Gasteiger partial charge in [-0.05, 0) is 30.0 Å². The number of aliphatic carboxylic acids is 1. The van der Waals surface area contributed by atoms with Gasteiger partial charge in [0.15, 0.2) is 0 Å². The fourth-order valence-electron chi connectivity index (χ4n) is 2.82. The molecule has 1 fully saturated rings. The Balaban J connectivity index is 1.71. The summed E-state index contributed by atoms with van der Waals surface area (Å²) < 4.78 is 5.29. The van der Waals surface area contributed by atoms with Crippen LogP contribution in [-0.4, -0.2) is 30.1 Å². The van der Waals surface area contributed by atoms with Crippen LogP contribution in [0.1, 0.15) is 30.4 Å². The predicted molar refractivity (Wildman–Crippen MR) is 81.6 cm³/mol. The third-order valence-corrected chi connectivity index (χ3v) is 4.24. The number of hydrogen-bond acceptors (Lipinski definition) is 3. The number of ether oxygens (including phenoxy) is 1. The summed E-state index contributed by atoms with van der Waals surface area (Å²) in [5.74, 6) is -0.0930. The van der Waals surface area contributed by atoms with Gasteiger partial charge < -0.3 is 15.2 Å². The minimum absolute atomic E-state index is 0.300. The highest BCUT2D eigenvalue weighted by molar-refractivity contribution is 6.02. The molecular weight excluding hydrogens is 282 g/mol. The first-order valence-electron chi connectivity index (χ1n) is 7.48. The molecule has 1 aromatic carbocycles. The molecule has 0 unspecified atom stereocenters. The zero-order chi connectivity index (χ0) is 15.7. The maximum atomic E-state index is 12.3. The van der Waals surface area contributed by atoms with Gasteiger partial charge in [-0.25, -0.2) is 4.79 Å². The lowest BCUT2D eigenvalue weighted by Crippen LogP contribution is -2.41. The number of carbonyl (C=O) groups is 2. The maximum Gasteiger partial charge on any atom is 0.326 e. The quantitative estimate of drug-likeness (QED) is 0.842. The smallest absolute Gasteiger partial charge is 0.326 e. The second-order valence-electron chi connectivity index (χ2n) is 5.92. The number of carbonyl (C=O) groups excluding carboxylic acids is 1. The van der Waals surface area contributed by atoms with Crippen molar-refractivity contribution in [3.63, 3.8) is 0 Å². The molecule has 0 spiro atoms. The van der Waals surface area contributed by atoms with E-state index in [-0.39, 0.29) is 5.91 Å². The number of carboxylic acids is 1. The number of rotatable bonds is 6. The lowest BCUT2D eigenvalue weighted by Gasteiger charge is -2.14. The summed E-state index contributed by atoms with van der Waals surface area (Å²) in [7, 11) is 1.59. The summed E-state index contributed by atoms with van der Waals surface area (Å²) in [5, 5.41) is 11.9. The van der Waals surface area contributed by atoms with Crippen molar-refractivity contribution in [2.45, 2.75) is 31.7 Å². The number of methoxy groups -OCH3 is 1. The summed E-state index contributed by atoms with van der Waals surface area (Å²) in [6.45, 7) is 0. The van der Waals surface area contributed by atoms with Gasteiger partial charge in [-0.3, -0.25) is 4.79 Å². The van der Waals surface area contributed by atoms with Crippen molar-refractivity contribution >= 4 is 18.0 Å². The van der Waals surface area contributed by atoms with Gasteiger partial charge in [0, 0.05) is 17.6 Å². The van der Waals surface area contributed by atoms with Crippen molar-refractivity contribution in [2.24, 2.45) is 5.92 Å². The van der Waals surface area contributed by atoms with Crippen molar-refractivity contribution in [1.29, 1.82) is 0 Å². The number of benzene rings is 1. The van der Waals surface area contributed by atoms with Crippen molar-refractivity contribution < 1.29 is 19.4 Å². The molecule has 0 aromatic heterocycles.